The minimum absolute atomic E-state index is 0.0441. The average Bonchev–Trinajstić information content (AvgIpc) is 3.41. The average molecular weight is 381 g/mol. The number of nitrogens with one attached hydrogen (secondary N) is 1. The van der Waals surface area contributed by atoms with Crippen molar-refractivity contribution in [3.05, 3.63) is 54.0 Å². The number of carbonyl (C=O) groups excluding carboxylic acids is 2. The largest absolute Gasteiger partial charge is 0.468 e. The minimum atomic E-state index is -0.123. The molecule has 0 saturated carbocycles. The topological polar surface area (TPSA) is 65.8 Å². The van der Waals surface area contributed by atoms with Gasteiger partial charge in [-0.3, -0.25) is 14.5 Å². The van der Waals surface area contributed by atoms with Crippen LogP contribution in [0.25, 0.3) is 0 Å². The molecule has 1 aromatic carbocycles. The molecule has 6 heteroatoms. The fraction of sp³-hybridized carbons (Fsp3) is 0.455. The summed E-state index contributed by atoms with van der Waals surface area (Å²) in [5, 5.41) is 3.07. The summed E-state index contributed by atoms with van der Waals surface area (Å²) in [6.45, 7) is 3.26. The molecule has 4 rings (SSSR count). The molecule has 1 N–H and O–H groups in total. The second-order valence-corrected chi connectivity index (χ2v) is 7.54. The zero-order valence-electron chi connectivity index (χ0n) is 16.1. The molecule has 28 heavy (non-hydrogen) atoms. The monoisotopic (exact) mass is 381 g/mol. The lowest BCUT2D eigenvalue weighted by atomic mass is 10.1. The van der Waals surface area contributed by atoms with Gasteiger partial charge in [-0.2, -0.15) is 0 Å². The molecular formula is C22H27N3O3. The Labute approximate surface area is 165 Å². The first kappa shape index (κ1) is 18.7. The lowest BCUT2D eigenvalue weighted by Crippen LogP contribution is -2.40. The molecule has 2 aliphatic heterocycles. The molecule has 0 radical (unpaired) electrons. The van der Waals surface area contributed by atoms with Crippen LogP contribution in [-0.2, 0) is 4.79 Å². The Morgan fingerprint density at radius 2 is 1.93 bits per heavy atom. The highest BCUT2D eigenvalue weighted by Crippen LogP contribution is 2.25. The summed E-state index contributed by atoms with van der Waals surface area (Å²) in [7, 11) is 0. The predicted molar refractivity (Wildman–Crippen MR) is 107 cm³/mol. The number of carbonyl (C=O) groups is 2. The summed E-state index contributed by atoms with van der Waals surface area (Å²) in [4.78, 5) is 28.9. The number of hydrogen-bond donors (Lipinski definition) is 1. The van der Waals surface area contributed by atoms with Gasteiger partial charge in [0.15, 0.2) is 0 Å². The van der Waals surface area contributed by atoms with Crippen molar-refractivity contribution < 1.29 is 14.0 Å². The Morgan fingerprint density at radius 3 is 2.64 bits per heavy atom. The van der Waals surface area contributed by atoms with E-state index >= 15 is 0 Å². The number of rotatable bonds is 6. The van der Waals surface area contributed by atoms with Crippen molar-refractivity contribution in [3.8, 4) is 0 Å². The van der Waals surface area contributed by atoms with Gasteiger partial charge in [0.05, 0.1) is 12.3 Å². The van der Waals surface area contributed by atoms with Crippen LogP contribution in [0.3, 0.4) is 0 Å². The maximum atomic E-state index is 12.8. The van der Waals surface area contributed by atoms with E-state index in [2.05, 4.69) is 10.2 Å². The first-order valence-corrected chi connectivity index (χ1v) is 10.2. The van der Waals surface area contributed by atoms with Crippen molar-refractivity contribution in [1.29, 1.82) is 0 Å². The zero-order valence-corrected chi connectivity index (χ0v) is 16.1. The van der Waals surface area contributed by atoms with Gasteiger partial charge < -0.3 is 14.6 Å². The summed E-state index contributed by atoms with van der Waals surface area (Å²) < 4.78 is 5.65. The number of furan rings is 1. The van der Waals surface area contributed by atoms with Crippen LogP contribution in [0.2, 0.25) is 0 Å². The second kappa shape index (κ2) is 8.61. The van der Waals surface area contributed by atoms with E-state index in [-0.39, 0.29) is 17.9 Å². The Morgan fingerprint density at radius 1 is 1.07 bits per heavy atom. The van der Waals surface area contributed by atoms with Crippen LogP contribution >= 0.6 is 0 Å². The SMILES string of the molecule is O=C(NCC(c1ccco1)N1CCCCC1)c1cccc(N2CCCC2=O)c1. The van der Waals surface area contributed by atoms with Crippen LogP contribution in [0.1, 0.15) is 54.3 Å². The van der Waals surface area contributed by atoms with Crippen molar-refractivity contribution in [2.75, 3.05) is 31.1 Å². The summed E-state index contributed by atoms with van der Waals surface area (Å²) in [6.07, 6.45) is 6.75. The molecule has 2 saturated heterocycles. The van der Waals surface area contributed by atoms with Gasteiger partial charge in [-0.05, 0) is 62.7 Å². The maximum absolute atomic E-state index is 12.8. The Hall–Kier alpha value is -2.60. The maximum Gasteiger partial charge on any atom is 0.251 e. The lowest BCUT2D eigenvalue weighted by Gasteiger charge is -2.33. The third-order valence-electron chi connectivity index (χ3n) is 5.65. The van der Waals surface area contributed by atoms with Crippen LogP contribution in [-0.4, -0.2) is 42.9 Å². The number of hydrogen-bond acceptors (Lipinski definition) is 4. The molecule has 2 aromatic rings. The molecular weight excluding hydrogens is 354 g/mol. The molecule has 0 bridgehead atoms. The van der Waals surface area contributed by atoms with E-state index in [0.717, 1.165) is 37.5 Å². The number of piperidine rings is 1. The molecule has 3 heterocycles. The zero-order chi connectivity index (χ0) is 19.3. The number of nitrogens with zero attached hydrogens (tertiary/aromatic N) is 2. The summed E-state index contributed by atoms with van der Waals surface area (Å²) in [5.74, 6) is 0.890. The van der Waals surface area contributed by atoms with E-state index < -0.39 is 0 Å². The van der Waals surface area contributed by atoms with E-state index in [1.54, 1.807) is 23.3 Å². The highest BCUT2D eigenvalue weighted by molar-refractivity contribution is 5.99. The molecule has 2 aliphatic rings. The standard InChI is InChI=1S/C22H27N3O3/c26-21-10-5-13-25(21)18-8-4-7-17(15-18)22(27)23-16-19(20-9-6-14-28-20)24-11-2-1-3-12-24/h4,6-9,14-15,19H,1-3,5,10-13,16H2,(H,23,27). The van der Waals surface area contributed by atoms with Gasteiger partial charge in [0, 0.05) is 30.8 Å². The summed E-state index contributed by atoms with van der Waals surface area (Å²) in [5.41, 5.74) is 1.38. The molecule has 6 nitrogen and oxygen atoms in total. The number of anilines is 1. The summed E-state index contributed by atoms with van der Waals surface area (Å²) >= 11 is 0. The molecule has 0 aliphatic carbocycles. The Bertz CT molecular complexity index is 812. The van der Waals surface area contributed by atoms with E-state index in [1.807, 2.05) is 24.3 Å². The van der Waals surface area contributed by atoms with Gasteiger partial charge in [0.25, 0.3) is 5.91 Å². The fourth-order valence-electron chi connectivity index (χ4n) is 4.15. The molecule has 1 unspecified atom stereocenters. The van der Waals surface area contributed by atoms with Gasteiger partial charge in [-0.15, -0.1) is 0 Å². The highest BCUT2D eigenvalue weighted by Gasteiger charge is 2.26. The number of likely N-dealkylation sites (tertiary alicyclic amines) is 1. The van der Waals surface area contributed by atoms with E-state index in [0.29, 0.717) is 18.5 Å². The van der Waals surface area contributed by atoms with E-state index in [4.69, 9.17) is 4.42 Å². The number of benzene rings is 1. The van der Waals surface area contributed by atoms with Gasteiger partial charge in [0.2, 0.25) is 5.91 Å². The second-order valence-electron chi connectivity index (χ2n) is 7.54. The van der Waals surface area contributed by atoms with Crippen LogP contribution in [0.15, 0.2) is 47.1 Å². The number of amides is 2. The molecule has 1 atom stereocenters. The lowest BCUT2D eigenvalue weighted by molar-refractivity contribution is -0.117. The van der Waals surface area contributed by atoms with Gasteiger partial charge in [0.1, 0.15) is 5.76 Å². The van der Waals surface area contributed by atoms with Crippen LogP contribution in [0, 0.1) is 0 Å². The van der Waals surface area contributed by atoms with Crippen molar-refractivity contribution >= 4 is 17.5 Å². The summed E-state index contributed by atoms with van der Waals surface area (Å²) in [6, 6.07) is 11.2. The van der Waals surface area contributed by atoms with E-state index in [9.17, 15) is 9.59 Å². The molecule has 2 fully saturated rings. The van der Waals surface area contributed by atoms with Crippen LogP contribution in [0.5, 0.6) is 0 Å². The highest BCUT2D eigenvalue weighted by atomic mass is 16.3. The molecule has 148 valence electrons. The molecule has 1 aromatic heterocycles. The Balaban J connectivity index is 1.44. The van der Waals surface area contributed by atoms with Gasteiger partial charge >= 0.3 is 0 Å². The van der Waals surface area contributed by atoms with Crippen molar-refractivity contribution in [3.63, 3.8) is 0 Å². The smallest absolute Gasteiger partial charge is 0.251 e. The predicted octanol–water partition coefficient (Wildman–Crippen LogP) is 3.36. The third kappa shape index (κ3) is 4.12. The van der Waals surface area contributed by atoms with Crippen molar-refractivity contribution in [1.82, 2.24) is 10.2 Å². The minimum Gasteiger partial charge on any atom is -0.468 e. The normalized spacial score (nSPS) is 19.0. The van der Waals surface area contributed by atoms with Crippen LogP contribution in [0.4, 0.5) is 5.69 Å². The molecule has 2 amide bonds. The van der Waals surface area contributed by atoms with Gasteiger partial charge in [-0.25, -0.2) is 0 Å². The first-order valence-electron chi connectivity index (χ1n) is 10.2. The van der Waals surface area contributed by atoms with Crippen molar-refractivity contribution in [2.24, 2.45) is 0 Å². The third-order valence-corrected chi connectivity index (χ3v) is 5.65. The van der Waals surface area contributed by atoms with Crippen LogP contribution < -0.4 is 10.2 Å². The van der Waals surface area contributed by atoms with Gasteiger partial charge in [-0.1, -0.05) is 12.5 Å². The Kier molecular flexibility index (Phi) is 5.76. The fourth-order valence-corrected chi connectivity index (χ4v) is 4.15. The first-order chi connectivity index (χ1) is 13.7. The quantitative estimate of drug-likeness (QED) is 0.833. The molecule has 0 spiro atoms. The van der Waals surface area contributed by atoms with Crippen molar-refractivity contribution in [2.45, 2.75) is 38.1 Å². The van der Waals surface area contributed by atoms with E-state index in [1.165, 1.54) is 19.3 Å².